The molecule has 4 rings (SSSR count). The lowest BCUT2D eigenvalue weighted by atomic mass is 9.93. The van der Waals surface area contributed by atoms with Crippen LogP contribution in [0.15, 0.2) is 59.6 Å². The van der Waals surface area contributed by atoms with Gasteiger partial charge in [0.05, 0.1) is 5.60 Å². The molecule has 2 heterocycles. The summed E-state index contributed by atoms with van der Waals surface area (Å²) in [6.45, 7) is 2.75. The highest BCUT2D eigenvalue weighted by Gasteiger charge is 2.32. The minimum absolute atomic E-state index is 0.192. The number of aromatic nitrogens is 1. The smallest absolute Gasteiger partial charge is 0.123 e. The molecule has 0 radical (unpaired) electrons. The summed E-state index contributed by atoms with van der Waals surface area (Å²) in [6.07, 6.45) is 4.48. The molecule has 1 aliphatic heterocycles. The van der Waals surface area contributed by atoms with Crippen molar-refractivity contribution < 1.29 is 9.50 Å². The van der Waals surface area contributed by atoms with Crippen molar-refractivity contribution in [3.05, 3.63) is 66.1 Å². The van der Waals surface area contributed by atoms with Crippen molar-refractivity contribution in [1.29, 1.82) is 0 Å². The fourth-order valence-corrected chi connectivity index (χ4v) is 4.78. The van der Waals surface area contributed by atoms with E-state index in [1.165, 1.54) is 11.0 Å². The van der Waals surface area contributed by atoms with Gasteiger partial charge in [-0.2, -0.15) is 0 Å². The Morgan fingerprint density at radius 1 is 1.11 bits per heavy atom. The number of thioether (sulfide) groups is 1. The van der Waals surface area contributed by atoms with Gasteiger partial charge in [0, 0.05) is 47.4 Å². The molecule has 0 unspecified atom stereocenters. The maximum Gasteiger partial charge on any atom is 0.123 e. The second-order valence-electron chi connectivity index (χ2n) is 7.42. The molecule has 0 aliphatic carbocycles. The number of benzene rings is 2. The molecule has 2 aromatic carbocycles. The Morgan fingerprint density at radius 2 is 1.89 bits per heavy atom. The lowest BCUT2D eigenvalue weighted by molar-refractivity contribution is -0.000803. The van der Waals surface area contributed by atoms with E-state index in [1.807, 2.05) is 24.4 Å². The maximum atomic E-state index is 13.5. The summed E-state index contributed by atoms with van der Waals surface area (Å²) < 4.78 is 13.5. The minimum atomic E-state index is -0.582. The van der Waals surface area contributed by atoms with Crippen LogP contribution in [0.25, 0.3) is 10.9 Å². The van der Waals surface area contributed by atoms with Crippen LogP contribution < -0.4 is 0 Å². The number of aliphatic hydroxyl groups is 1. The average Bonchev–Trinajstić information content (AvgIpc) is 3.09. The molecule has 142 valence electrons. The Balaban J connectivity index is 1.28. The van der Waals surface area contributed by atoms with Gasteiger partial charge in [-0.05, 0) is 55.2 Å². The maximum absolute atomic E-state index is 13.5. The zero-order valence-corrected chi connectivity index (χ0v) is 16.1. The molecule has 0 bridgehead atoms. The van der Waals surface area contributed by atoms with E-state index in [1.54, 1.807) is 23.9 Å². The highest BCUT2D eigenvalue weighted by atomic mass is 32.2. The lowest BCUT2D eigenvalue weighted by Crippen LogP contribution is -2.46. The lowest BCUT2D eigenvalue weighted by Gasteiger charge is -2.38. The van der Waals surface area contributed by atoms with Crippen molar-refractivity contribution in [3.63, 3.8) is 0 Å². The van der Waals surface area contributed by atoms with Crippen molar-refractivity contribution >= 4 is 22.7 Å². The summed E-state index contributed by atoms with van der Waals surface area (Å²) in [5, 5.41) is 11.9. The van der Waals surface area contributed by atoms with Crippen molar-refractivity contribution in [2.24, 2.45) is 0 Å². The fraction of sp³-hybridized carbons (Fsp3) is 0.364. The van der Waals surface area contributed by atoms with Crippen LogP contribution in [0, 0.1) is 5.82 Å². The van der Waals surface area contributed by atoms with Crippen molar-refractivity contribution in [1.82, 2.24) is 9.88 Å². The number of H-pyrrole nitrogens is 1. The van der Waals surface area contributed by atoms with E-state index in [-0.39, 0.29) is 5.82 Å². The fourth-order valence-electron chi connectivity index (χ4n) is 3.71. The number of aromatic amines is 1. The number of hydrogen-bond acceptors (Lipinski definition) is 3. The molecule has 3 nitrogen and oxygen atoms in total. The first-order valence-corrected chi connectivity index (χ1v) is 10.5. The molecule has 27 heavy (non-hydrogen) atoms. The minimum Gasteiger partial charge on any atom is -0.389 e. The van der Waals surface area contributed by atoms with Crippen LogP contribution in [0.2, 0.25) is 0 Å². The van der Waals surface area contributed by atoms with Crippen LogP contribution in [0.1, 0.15) is 18.4 Å². The number of nitrogens with one attached hydrogen (secondary N) is 1. The number of hydrogen-bond donors (Lipinski definition) is 2. The first-order chi connectivity index (χ1) is 13.1. The zero-order chi connectivity index (χ0) is 18.7. The van der Waals surface area contributed by atoms with E-state index >= 15 is 0 Å². The van der Waals surface area contributed by atoms with E-state index in [0.29, 0.717) is 0 Å². The van der Waals surface area contributed by atoms with Gasteiger partial charge in [0.15, 0.2) is 0 Å². The topological polar surface area (TPSA) is 39.3 Å². The predicted octanol–water partition coefficient (Wildman–Crippen LogP) is 4.47. The molecule has 5 heteroatoms. The van der Waals surface area contributed by atoms with Crippen LogP contribution in [0.4, 0.5) is 4.39 Å². The Hall–Kier alpha value is -1.82. The number of likely N-dealkylation sites (tertiary alicyclic amines) is 1. The zero-order valence-electron chi connectivity index (χ0n) is 15.3. The van der Waals surface area contributed by atoms with Crippen LogP contribution in [-0.2, 0) is 6.42 Å². The van der Waals surface area contributed by atoms with Gasteiger partial charge < -0.3 is 15.0 Å². The summed E-state index contributed by atoms with van der Waals surface area (Å²) in [5.41, 5.74) is 1.56. The van der Waals surface area contributed by atoms with Gasteiger partial charge in [0.2, 0.25) is 0 Å². The molecule has 2 N–H and O–H groups in total. The number of rotatable bonds is 6. The first-order valence-electron chi connectivity index (χ1n) is 9.49. The monoisotopic (exact) mass is 384 g/mol. The molecular weight excluding hydrogens is 359 g/mol. The first kappa shape index (κ1) is 18.5. The van der Waals surface area contributed by atoms with Gasteiger partial charge in [-0.15, -0.1) is 11.8 Å². The number of halogens is 1. The Labute approximate surface area is 163 Å². The molecular formula is C22H25FN2OS. The van der Waals surface area contributed by atoms with Gasteiger partial charge in [0.25, 0.3) is 0 Å². The van der Waals surface area contributed by atoms with Crippen molar-refractivity contribution in [2.75, 3.05) is 25.4 Å². The quantitative estimate of drug-likeness (QED) is 0.616. The Bertz CT molecular complexity index is 888. The largest absolute Gasteiger partial charge is 0.389 e. The van der Waals surface area contributed by atoms with E-state index in [9.17, 15) is 9.50 Å². The van der Waals surface area contributed by atoms with E-state index in [2.05, 4.69) is 22.0 Å². The summed E-state index contributed by atoms with van der Waals surface area (Å²) in [7, 11) is 0. The Kier molecular flexibility index (Phi) is 5.53. The number of nitrogens with zero attached hydrogens (tertiary/aromatic N) is 1. The third kappa shape index (κ3) is 4.54. The van der Waals surface area contributed by atoms with Gasteiger partial charge in [-0.3, -0.25) is 0 Å². The summed E-state index contributed by atoms with van der Waals surface area (Å²) in [4.78, 5) is 6.83. The Morgan fingerprint density at radius 3 is 2.67 bits per heavy atom. The average molecular weight is 385 g/mol. The summed E-state index contributed by atoms with van der Waals surface area (Å²) in [5.74, 6) is 0.550. The normalized spacial score (nSPS) is 17.4. The van der Waals surface area contributed by atoms with Crippen molar-refractivity contribution in [3.8, 4) is 0 Å². The van der Waals surface area contributed by atoms with Crippen LogP contribution in [0.3, 0.4) is 0 Å². The third-order valence-corrected chi connectivity index (χ3v) is 6.75. The highest BCUT2D eigenvalue weighted by molar-refractivity contribution is 7.99. The molecule has 1 aromatic heterocycles. The van der Waals surface area contributed by atoms with Gasteiger partial charge in [0.1, 0.15) is 5.82 Å². The van der Waals surface area contributed by atoms with Gasteiger partial charge in [-0.1, -0.05) is 18.2 Å². The van der Waals surface area contributed by atoms with Crippen LogP contribution in [-0.4, -0.2) is 46.0 Å². The summed E-state index contributed by atoms with van der Waals surface area (Å²) >= 11 is 1.73. The SMILES string of the molecule is OC1(CSc2ccccc2)CCN(CCc2c[nH]c3ccc(F)cc23)CC1. The molecule has 0 amide bonds. The molecule has 3 aromatic rings. The van der Waals surface area contributed by atoms with Crippen molar-refractivity contribution in [2.45, 2.75) is 29.8 Å². The third-order valence-electron chi connectivity index (χ3n) is 5.46. The predicted molar refractivity (Wildman–Crippen MR) is 110 cm³/mol. The van der Waals surface area contributed by atoms with E-state index in [4.69, 9.17) is 0 Å². The molecule has 0 atom stereocenters. The second-order valence-corrected chi connectivity index (χ2v) is 8.47. The van der Waals surface area contributed by atoms with Gasteiger partial charge >= 0.3 is 0 Å². The second kappa shape index (κ2) is 8.05. The van der Waals surface area contributed by atoms with Crippen LogP contribution >= 0.6 is 11.8 Å². The standard InChI is InChI=1S/C22H25FN2OS/c23-18-6-7-21-20(14-18)17(15-24-21)8-11-25-12-9-22(26,10-13-25)16-27-19-4-2-1-3-5-19/h1-7,14-15,24,26H,8-13,16H2. The molecule has 1 fully saturated rings. The van der Waals surface area contributed by atoms with E-state index in [0.717, 1.165) is 61.1 Å². The molecule has 1 aliphatic rings. The molecule has 0 saturated carbocycles. The highest BCUT2D eigenvalue weighted by Crippen LogP contribution is 2.30. The van der Waals surface area contributed by atoms with Gasteiger partial charge in [-0.25, -0.2) is 4.39 Å². The van der Waals surface area contributed by atoms with E-state index < -0.39 is 5.60 Å². The summed E-state index contributed by atoms with van der Waals surface area (Å²) in [6, 6.07) is 15.1. The molecule has 1 saturated heterocycles. The molecule has 0 spiro atoms. The number of fused-ring (bicyclic) bond motifs is 1. The van der Waals surface area contributed by atoms with Crippen LogP contribution in [0.5, 0.6) is 0 Å². The number of piperidine rings is 1.